The van der Waals surface area contributed by atoms with E-state index in [2.05, 4.69) is 47.6 Å². The highest BCUT2D eigenvalue weighted by Gasteiger charge is 2.64. The van der Waals surface area contributed by atoms with E-state index in [1.807, 2.05) is 6.07 Å². The highest BCUT2D eigenvalue weighted by Crippen LogP contribution is 2.69. The number of hydrogen-bond acceptors (Lipinski definition) is 5. The van der Waals surface area contributed by atoms with Crippen LogP contribution < -0.4 is 0 Å². The second-order valence-corrected chi connectivity index (χ2v) is 15.3. The molecule has 0 spiro atoms. The average Bonchev–Trinajstić information content (AvgIpc) is 3.52. The van der Waals surface area contributed by atoms with E-state index in [4.69, 9.17) is 9.05 Å². The van der Waals surface area contributed by atoms with Crippen molar-refractivity contribution >= 4 is 19.5 Å². The second kappa shape index (κ2) is 10.8. The largest absolute Gasteiger partial charge is 0.507 e. The van der Waals surface area contributed by atoms with Gasteiger partial charge in [0.25, 0.3) is 0 Å². The van der Waals surface area contributed by atoms with Gasteiger partial charge < -0.3 is 14.2 Å². The molecule has 1 N–H and O–H groups in total. The van der Waals surface area contributed by atoms with Crippen LogP contribution in [0.15, 0.2) is 18.2 Å². The minimum absolute atomic E-state index is 0.0388. The summed E-state index contributed by atoms with van der Waals surface area (Å²) in [4.78, 5) is 14.4. The number of carbonyl (C=O) groups excluding carboxylic acids is 1. The van der Waals surface area contributed by atoms with Crippen molar-refractivity contribution in [3.63, 3.8) is 0 Å². The average molecular weight is 519 g/mol. The Labute approximate surface area is 218 Å². The smallest absolute Gasteiger partial charge is 0.344 e. The molecule has 0 radical (unpaired) electrons. The molecule has 6 heteroatoms. The number of rotatable bonds is 8. The third kappa shape index (κ3) is 5.26. The van der Waals surface area contributed by atoms with Gasteiger partial charge in [-0.3, -0.25) is 9.36 Å². The first-order chi connectivity index (χ1) is 16.7. The van der Waals surface area contributed by atoms with Crippen LogP contribution in [0.3, 0.4) is 0 Å². The quantitative estimate of drug-likeness (QED) is 0.277. The first kappa shape index (κ1) is 29.1. The number of phenolic OH excluding ortho intramolecular Hbond substituents is 1. The summed E-state index contributed by atoms with van der Waals surface area (Å²) < 4.78 is 25.6. The first-order valence-electron chi connectivity index (χ1n) is 13.5. The summed E-state index contributed by atoms with van der Waals surface area (Å²) in [5.74, 6) is -0.0778. The van der Waals surface area contributed by atoms with E-state index in [0.717, 1.165) is 62.5 Å². The number of aromatic hydroxyl groups is 1. The van der Waals surface area contributed by atoms with Gasteiger partial charge in [-0.05, 0) is 72.1 Å². The summed E-state index contributed by atoms with van der Waals surface area (Å²) in [7, 11) is -0.924. The molecule has 0 amide bonds. The van der Waals surface area contributed by atoms with Gasteiger partial charge in [0, 0.05) is 25.3 Å². The molecule has 202 valence electrons. The van der Waals surface area contributed by atoms with Gasteiger partial charge in [-0.2, -0.15) is 0 Å². The third-order valence-corrected chi connectivity index (χ3v) is 11.3. The zero-order chi connectivity index (χ0) is 26.9. The van der Waals surface area contributed by atoms with Crippen molar-refractivity contribution in [1.82, 2.24) is 0 Å². The lowest BCUT2D eigenvalue weighted by atomic mass is 9.75. The molecule has 2 aliphatic carbocycles. The lowest BCUT2D eigenvalue weighted by molar-refractivity contribution is -0.120. The second-order valence-electron chi connectivity index (χ2n) is 12.8. The highest BCUT2D eigenvalue weighted by atomic mass is 31.2. The van der Waals surface area contributed by atoms with Gasteiger partial charge in [-0.1, -0.05) is 73.3 Å². The van der Waals surface area contributed by atoms with E-state index in [9.17, 15) is 14.5 Å². The summed E-state index contributed by atoms with van der Waals surface area (Å²) in [5.41, 5.74) is 2.16. The van der Waals surface area contributed by atoms with Crippen molar-refractivity contribution in [3.05, 3.63) is 34.9 Å². The number of allylic oxidation sites excluding steroid dienone is 1. The molecule has 3 rings (SSSR count). The summed E-state index contributed by atoms with van der Waals surface area (Å²) >= 11 is 0. The van der Waals surface area contributed by atoms with Crippen LogP contribution in [-0.4, -0.2) is 30.3 Å². The van der Waals surface area contributed by atoms with Gasteiger partial charge >= 0.3 is 7.60 Å². The number of benzene rings is 1. The first-order valence-corrected chi connectivity index (χ1v) is 15.1. The standard InChI is InChI=1S/C30H47O5P/c1-28(2,3)24-19-21(27(32)25(20-24)29(4,5)6)17-18-26(31)30(22-13-9-10-14-22,23-15-11-12-16-23)36(33,34-7)35-8/h17-20,22-23,32H,9-16H2,1-8H3/b18-17+. The lowest BCUT2D eigenvalue weighted by Gasteiger charge is -2.44. The Bertz CT molecular complexity index is 991. The predicted molar refractivity (Wildman–Crippen MR) is 148 cm³/mol. The molecule has 2 aliphatic rings. The fourth-order valence-electron chi connectivity index (χ4n) is 6.51. The van der Waals surface area contributed by atoms with Crippen LogP contribution in [0, 0.1) is 11.8 Å². The van der Waals surface area contributed by atoms with Crippen LogP contribution in [-0.2, 0) is 29.2 Å². The Morgan fingerprint density at radius 2 is 1.36 bits per heavy atom. The van der Waals surface area contributed by atoms with Crippen molar-refractivity contribution in [1.29, 1.82) is 0 Å². The molecule has 0 atom stereocenters. The molecule has 36 heavy (non-hydrogen) atoms. The van der Waals surface area contributed by atoms with E-state index in [1.54, 1.807) is 12.2 Å². The number of ketones is 1. The van der Waals surface area contributed by atoms with Crippen molar-refractivity contribution < 1.29 is 23.5 Å². The molecule has 0 bridgehead atoms. The Balaban J connectivity index is 2.18. The van der Waals surface area contributed by atoms with E-state index < -0.39 is 12.8 Å². The lowest BCUT2D eigenvalue weighted by Crippen LogP contribution is -2.50. The summed E-state index contributed by atoms with van der Waals surface area (Å²) in [6.07, 6.45) is 10.8. The number of carbonyl (C=O) groups is 1. The van der Waals surface area contributed by atoms with Crippen molar-refractivity contribution in [2.24, 2.45) is 11.8 Å². The maximum Gasteiger partial charge on any atom is 0.344 e. The van der Waals surface area contributed by atoms with E-state index in [1.165, 1.54) is 14.2 Å². The molecule has 5 nitrogen and oxygen atoms in total. The Morgan fingerprint density at radius 3 is 1.75 bits per heavy atom. The number of phenols is 1. The maximum absolute atomic E-state index is 14.4. The van der Waals surface area contributed by atoms with E-state index in [-0.39, 0.29) is 34.2 Å². The highest BCUT2D eigenvalue weighted by molar-refractivity contribution is 7.57. The van der Waals surface area contributed by atoms with Gasteiger partial charge in [0.1, 0.15) is 10.9 Å². The Hall–Kier alpha value is -1.42. The zero-order valence-electron chi connectivity index (χ0n) is 23.6. The van der Waals surface area contributed by atoms with Crippen LogP contribution in [0.1, 0.15) is 110 Å². The molecule has 1 aromatic carbocycles. The van der Waals surface area contributed by atoms with Crippen LogP contribution in [0.2, 0.25) is 0 Å². The monoisotopic (exact) mass is 518 g/mol. The molecule has 0 heterocycles. The molecule has 2 fully saturated rings. The van der Waals surface area contributed by atoms with Crippen LogP contribution in [0.4, 0.5) is 0 Å². The minimum atomic E-state index is -3.75. The van der Waals surface area contributed by atoms with Crippen LogP contribution >= 0.6 is 7.60 Å². The molecular weight excluding hydrogens is 471 g/mol. The SMILES string of the molecule is COP(=O)(OC)C(C(=O)/C=C/c1cc(C(C)(C)C)cc(C(C)(C)C)c1O)(C1CCCC1)C1CCCC1. The maximum atomic E-state index is 14.4. The third-order valence-electron chi connectivity index (χ3n) is 8.51. The fourth-order valence-corrected chi connectivity index (χ4v) is 9.02. The Morgan fingerprint density at radius 1 is 0.889 bits per heavy atom. The summed E-state index contributed by atoms with van der Waals surface area (Å²) in [5, 5.41) is 10.0. The van der Waals surface area contributed by atoms with Gasteiger partial charge in [0.2, 0.25) is 0 Å². The van der Waals surface area contributed by atoms with Gasteiger partial charge in [-0.15, -0.1) is 0 Å². The van der Waals surface area contributed by atoms with Gasteiger partial charge in [0.05, 0.1) is 0 Å². The van der Waals surface area contributed by atoms with Gasteiger partial charge in [0.15, 0.2) is 5.78 Å². The molecule has 0 saturated heterocycles. The molecule has 0 unspecified atom stereocenters. The number of hydrogen-bond donors (Lipinski definition) is 1. The minimum Gasteiger partial charge on any atom is -0.507 e. The predicted octanol–water partition coefficient (Wildman–Crippen LogP) is 8.17. The summed E-state index contributed by atoms with van der Waals surface area (Å²) in [6.45, 7) is 12.7. The van der Waals surface area contributed by atoms with Crippen molar-refractivity contribution in [2.45, 2.75) is 109 Å². The molecule has 0 aliphatic heterocycles. The molecule has 2 saturated carbocycles. The van der Waals surface area contributed by atoms with Crippen molar-refractivity contribution in [3.8, 4) is 5.75 Å². The topological polar surface area (TPSA) is 72.8 Å². The van der Waals surface area contributed by atoms with Crippen molar-refractivity contribution in [2.75, 3.05) is 14.2 Å². The van der Waals surface area contributed by atoms with E-state index in [0.29, 0.717) is 5.56 Å². The molecule has 0 aromatic heterocycles. The van der Waals surface area contributed by atoms with Gasteiger partial charge in [-0.25, -0.2) is 0 Å². The molecule has 1 aromatic rings. The van der Waals surface area contributed by atoms with Crippen LogP contribution in [0.25, 0.3) is 6.08 Å². The van der Waals surface area contributed by atoms with Crippen LogP contribution in [0.5, 0.6) is 5.75 Å². The molecular formula is C30H47O5P. The van der Waals surface area contributed by atoms with E-state index >= 15 is 0 Å². The fraction of sp³-hybridized carbons (Fsp3) is 0.700. The Kier molecular flexibility index (Phi) is 8.70. The summed E-state index contributed by atoms with van der Waals surface area (Å²) in [6, 6.07) is 4.04. The zero-order valence-corrected chi connectivity index (χ0v) is 24.5. The normalized spacial score (nSPS) is 19.0.